The summed E-state index contributed by atoms with van der Waals surface area (Å²) in [4.78, 5) is 0. The summed E-state index contributed by atoms with van der Waals surface area (Å²) in [6.45, 7) is 2.28. The third-order valence-electron chi connectivity index (χ3n) is 1.95. The van der Waals surface area contributed by atoms with Crippen molar-refractivity contribution < 1.29 is 9.13 Å². The van der Waals surface area contributed by atoms with Crippen molar-refractivity contribution in [3.63, 3.8) is 0 Å². The Labute approximate surface area is 85.1 Å². The average Bonchev–Trinajstić information content (AvgIpc) is 2.47. The summed E-state index contributed by atoms with van der Waals surface area (Å²) in [7, 11) is 0. The van der Waals surface area contributed by atoms with Gasteiger partial charge < -0.3 is 10.5 Å². The molecule has 0 saturated heterocycles. The van der Waals surface area contributed by atoms with Gasteiger partial charge in [-0.25, -0.2) is 0 Å². The lowest BCUT2D eigenvalue weighted by atomic mass is 10.2. The van der Waals surface area contributed by atoms with Crippen LogP contribution >= 0.6 is 11.3 Å². The van der Waals surface area contributed by atoms with E-state index in [9.17, 15) is 4.39 Å². The number of nitrogen functional groups attached to an aromatic ring is 1. The molecule has 0 unspecified atom stereocenters. The molecule has 0 saturated carbocycles. The van der Waals surface area contributed by atoms with Gasteiger partial charge in [-0.2, -0.15) is 4.39 Å². The number of benzene rings is 1. The van der Waals surface area contributed by atoms with E-state index in [2.05, 4.69) is 0 Å². The summed E-state index contributed by atoms with van der Waals surface area (Å²) in [5.74, 6) is 0.319. The van der Waals surface area contributed by atoms with Crippen LogP contribution in [-0.4, -0.2) is 6.61 Å². The van der Waals surface area contributed by atoms with Crippen LogP contribution in [0.3, 0.4) is 0 Å². The molecular weight excluding hydrogens is 201 g/mol. The summed E-state index contributed by atoms with van der Waals surface area (Å²) in [5, 5.41) is 0.453. The predicted octanol–water partition coefficient (Wildman–Crippen LogP) is 3.02. The number of ether oxygens (including phenoxy) is 1. The Morgan fingerprint density at radius 3 is 3.00 bits per heavy atom. The second kappa shape index (κ2) is 3.46. The molecule has 1 aromatic heterocycles. The molecule has 2 aromatic rings. The van der Waals surface area contributed by atoms with Crippen LogP contribution in [0.2, 0.25) is 0 Å². The maximum atomic E-state index is 13.4. The lowest BCUT2D eigenvalue weighted by Crippen LogP contribution is -1.91. The van der Waals surface area contributed by atoms with Crippen LogP contribution in [0.1, 0.15) is 6.92 Å². The first-order valence-corrected chi connectivity index (χ1v) is 5.15. The fraction of sp³-hybridized carbons (Fsp3) is 0.200. The molecule has 0 aliphatic rings. The molecule has 74 valence electrons. The number of rotatable bonds is 2. The van der Waals surface area contributed by atoms with Gasteiger partial charge in [0.25, 0.3) is 0 Å². The number of hydrogen-bond acceptors (Lipinski definition) is 3. The molecule has 1 aromatic carbocycles. The number of anilines is 1. The van der Waals surface area contributed by atoms with Crippen LogP contribution in [0.4, 0.5) is 10.1 Å². The molecule has 0 fully saturated rings. The summed E-state index contributed by atoms with van der Waals surface area (Å²) >= 11 is 1.03. The van der Waals surface area contributed by atoms with E-state index in [0.29, 0.717) is 18.0 Å². The number of nitrogens with two attached hydrogens (primary N) is 1. The smallest absolute Gasteiger partial charge is 0.219 e. The average molecular weight is 211 g/mol. The van der Waals surface area contributed by atoms with Crippen molar-refractivity contribution in [2.45, 2.75) is 6.92 Å². The Kier molecular flexibility index (Phi) is 2.29. The third-order valence-corrected chi connectivity index (χ3v) is 2.97. The normalized spacial score (nSPS) is 10.7. The van der Waals surface area contributed by atoms with Crippen LogP contribution < -0.4 is 10.5 Å². The van der Waals surface area contributed by atoms with Gasteiger partial charge in [-0.05, 0) is 19.1 Å². The summed E-state index contributed by atoms with van der Waals surface area (Å²) < 4.78 is 19.4. The van der Waals surface area contributed by atoms with Gasteiger partial charge in [0.15, 0.2) is 5.75 Å². The first-order valence-electron chi connectivity index (χ1n) is 4.33. The zero-order valence-corrected chi connectivity index (χ0v) is 8.53. The SMILES string of the molecule is CCOc1c(F)sc2c(N)cccc12. The largest absolute Gasteiger partial charge is 0.489 e. The lowest BCUT2D eigenvalue weighted by Gasteiger charge is -2.00. The highest BCUT2D eigenvalue weighted by Crippen LogP contribution is 2.39. The van der Waals surface area contributed by atoms with Gasteiger partial charge in [-0.1, -0.05) is 17.4 Å². The number of halogens is 1. The highest BCUT2D eigenvalue weighted by Gasteiger charge is 2.14. The molecular formula is C10H10FNOS. The van der Waals surface area contributed by atoms with E-state index in [1.54, 1.807) is 12.1 Å². The molecule has 0 aliphatic heterocycles. The summed E-state index contributed by atoms with van der Waals surface area (Å²) in [6, 6.07) is 5.37. The molecule has 14 heavy (non-hydrogen) atoms. The van der Waals surface area contributed by atoms with E-state index in [1.807, 2.05) is 13.0 Å². The molecule has 4 heteroatoms. The van der Waals surface area contributed by atoms with Gasteiger partial charge >= 0.3 is 0 Å². The third kappa shape index (κ3) is 1.32. The van der Waals surface area contributed by atoms with Crippen LogP contribution in [0, 0.1) is 5.13 Å². The molecule has 0 amide bonds. The van der Waals surface area contributed by atoms with Crippen LogP contribution in [0.15, 0.2) is 18.2 Å². The van der Waals surface area contributed by atoms with Gasteiger partial charge in [0, 0.05) is 11.1 Å². The number of thiophene rings is 1. The Morgan fingerprint density at radius 1 is 1.50 bits per heavy atom. The molecule has 0 radical (unpaired) electrons. The molecule has 1 heterocycles. The molecule has 0 bridgehead atoms. The van der Waals surface area contributed by atoms with Crippen molar-refractivity contribution in [3.8, 4) is 5.75 Å². The zero-order valence-electron chi connectivity index (χ0n) is 7.71. The number of hydrogen-bond donors (Lipinski definition) is 1. The first-order chi connectivity index (χ1) is 6.74. The maximum absolute atomic E-state index is 13.4. The second-order valence-corrected chi connectivity index (χ2v) is 3.83. The molecule has 0 atom stereocenters. The van der Waals surface area contributed by atoms with E-state index in [4.69, 9.17) is 10.5 Å². The van der Waals surface area contributed by atoms with Crippen molar-refractivity contribution in [2.75, 3.05) is 12.3 Å². The minimum atomic E-state index is -0.306. The van der Waals surface area contributed by atoms with Gasteiger partial charge in [0.1, 0.15) is 0 Å². The fourth-order valence-corrected chi connectivity index (χ4v) is 2.27. The summed E-state index contributed by atoms with van der Waals surface area (Å²) in [5.41, 5.74) is 6.32. The van der Waals surface area contributed by atoms with Crippen molar-refractivity contribution in [3.05, 3.63) is 23.3 Å². The monoisotopic (exact) mass is 211 g/mol. The highest BCUT2D eigenvalue weighted by atomic mass is 32.1. The minimum absolute atomic E-state index is 0.306. The molecule has 2 N–H and O–H groups in total. The van der Waals surface area contributed by atoms with Gasteiger partial charge in [0.2, 0.25) is 5.13 Å². The van der Waals surface area contributed by atoms with E-state index in [-0.39, 0.29) is 5.13 Å². The molecule has 2 rings (SSSR count). The Morgan fingerprint density at radius 2 is 2.29 bits per heavy atom. The molecule has 2 nitrogen and oxygen atoms in total. The number of fused-ring (bicyclic) bond motifs is 1. The zero-order chi connectivity index (χ0) is 10.1. The van der Waals surface area contributed by atoms with E-state index < -0.39 is 0 Å². The van der Waals surface area contributed by atoms with Crippen LogP contribution in [0.25, 0.3) is 10.1 Å². The Balaban J connectivity index is 2.70. The van der Waals surface area contributed by atoms with Crippen LogP contribution in [-0.2, 0) is 0 Å². The van der Waals surface area contributed by atoms with Crippen molar-refractivity contribution in [1.29, 1.82) is 0 Å². The fourth-order valence-electron chi connectivity index (χ4n) is 1.37. The maximum Gasteiger partial charge on any atom is 0.219 e. The topological polar surface area (TPSA) is 35.2 Å². The predicted molar refractivity (Wildman–Crippen MR) is 57.4 cm³/mol. The quantitative estimate of drug-likeness (QED) is 0.775. The lowest BCUT2D eigenvalue weighted by molar-refractivity contribution is 0.330. The highest BCUT2D eigenvalue weighted by molar-refractivity contribution is 7.18. The van der Waals surface area contributed by atoms with E-state index >= 15 is 0 Å². The Bertz CT molecular complexity index is 466. The van der Waals surface area contributed by atoms with E-state index in [0.717, 1.165) is 21.4 Å². The van der Waals surface area contributed by atoms with Gasteiger partial charge in [0.05, 0.1) is 11.3 Å². The van der Waals surface area contributed by atoms with Crippen molar-refractivity contribution in [2.24, 2.45) is 0 Å². The van der Waals surface area contributed by atoms with Crippen molar-refractivity contribution >= 4 is 27.1 Å². The van der Waals surface area contributed by atoms with Gasteiger partial charge in [-0.3, -0.25) is 0 Å². The standard InChI is InChI=1S/C10H10FNOS/c1-2-13-8-6-4-3-5-7(12)9(6)14-10(8)11/h3-5H,2,12H2,1H3. The van der Waals surface area contributed by atoms with E-state index in [1.165, 1.54) is 0 Å². The van der Waals surface area contributed by atoms with Crippen molar-refractivity contribution in [1.82, 2.24) is 0 Å². The first kappa shape index (κ1) is 9.27. The Hall–Kier alpha value is -1.29. The minimum Gasteiger partial charge on any atom is -0.489 e. The molecule has 0 spiro atoms. The van der Waals surface area contributed by atoms with Crippen LogP contribution in [0.5, 0.6) is 5.75 Å². The molecule has 0 aliphatic carbocycles. The second-order valence-electron chi connectivity index (χ2n) is 2.86. The van der Waals surface area contributed by atoms with Gasteiger partial charge in [-0.15, -0.1) is 0 Å². The summed E-state index contributed by atoms with van der Waals surface area (Å²) in [6.07, 6.45) is 0.